The molecule has 1 aromatic heterocycles. The van der Waals surface area contributed by atoms with Crippen molar-refractivity contribution >= 4 is 11.8 Å². The zero-order valence-electron chi connectivity index (χ0n) is 6.89. The Morgan fingerprint density at radius 1 is 1.55 bits per heavy atom. The predicted octanol–water partition coefficient (Wildman–Crippen LogP) is 2.07. The monoisotopic (exact) mass is 148 g/mol. The topological polar surface area (TPSA) is 24.9 Å². The van der Waals surface area contributed by atoms with Gasteiger partial charge in [-0.3, -0.25) is 4.98 Å². The summed E-state index contributed by atoms with van der Waals surface area (Å²) in [5, 5.41) is 3.04. The Morgan fingerprint density at radius 2 is 2.27 bits per heavy atom. The van der Waals surface area contributed by atoms with Gasteiger partial charge in [0.25, 0.3) is 0 Å². The Hall–Kier alpha value is -1.31. The van der Waals surface area contributed by atoms with Crippen molar-refractivity contribution < 1.29 is 0 Å². The molecule has 0 fully saturated rings. The maximum atomic E-state index is 4.28. The Kier molecular flexibility index (Phi) is 2.26. The maximum absolute atomic E-state index is 4.28. The van der Waals surface area contributed by atoms with Crippen LogP contribution in [0.1, 0.15) is 11.4 Å². The molecule has 0 aliphatic heterocycles. The van der Waals surface area contributed by atoms with E-state index >= 15 is 0 Å². The van der Waals surface area contributed by atoms with Gasteiger partial charge in [0.15, 0.2) is 0 Å². The van der Waals surface area contributed by atoms with Gasteiger partial charge in [0.2, 0.25) is 0 Å². The van der Waals surface area contributed by atoms with Gasteiger partial charge >= 0.3 is 0 Å². The van der Waals surface area contributed by atoms with Crippen LogP contribution in [0.3, 0.4) is 0 Å². The van der Waals surface area contributed by atoms with Gasteiger partial charge in [-0.05, 0) is 25.1 Å². The van der Waals surface area contributed by atoms with Crippen molar-refractivity contribution in [2.24, 2.45) is 0 Å². The average Bonchev–Trinajstić information content (AvgIpc) is 2.04. The third-order valence-electron chi connectivity index (χ3n) is 1.53. The van der Waals surface area contributed by atoms with E-state index < -0.39 is 0 Å². The van der Waals surface area contributed by atoms with Crippen LogP contribution < -0.4 is 5.32 Å². The van der Waals surface area contributed by atoms with E-state index in [1.165, 1.54) is 0 Å². The molecule has 0 aliphatic rings. The van der Waals surface area contributed by atoms with Crippen molar-refractivity contribution in [1.82, 2.24) is 4.98 Å². The molecule has 1 N–H and O–H groups in total. The number of hydrogen-bond donors (Lipinski definition) is 1. The molecule has 0 aliphatic carbocycles. The van der Waals surface area contributed by atoms with Crippen molar-refractivity contribution in [2.45, 2.75) is 6.92 Å². The summed E-state index contributed by atoms with van der Waals surface area (Å²) in [6.07, 6.45) is 1.75. The van der Waals surface area contributed by atoms with Crippen LogP contribution in [-0.2, 0) is 0 Å². The van der Waals surface area contributed by atoms with Crippen molar-refractivity contribution in [3.8, 4) is 0 Å². The summed E-state index contributed by atoms with van der Waals surface area (Å²) in [5.74, 6) is 0. The van der Waals surface area contributed by atoms with E-state index in [-0.39, 0.29) is 0 Å². The van der Waals surface area contributed by atoms with E-state index in [2.05, 4.69) is 16.9 Å². The van der Waals surface area contributed by atoms with Crippen molar-refractivity contribution in [3.05, 3.63) is 30.1 Å². The summed E-state index contributed by atoms with van der Waals surface area (Å²) in [5.41, 5.74) is 2.94. The molecule has 0 amide bonds. The van der Waals surface area contributed by atoms with Crippen LogP contribution in [0, 0.1) is 6.92 Å². The van der Waals surface area contributed by atoms with E-state index in [4.69, 9.17) is 0 Å². The fourth-order valence-electron chi connectivity index (χ4n) is 0.944. The lowest BCUT2D eigenvalue weighted by atomic mass is 10.2. The third kappa shape index (κ3) is 1.58. The Labute approximate surface area is 67.0 Å². The predicted molar refractivity (Wildman–Crippen MR) is 48.6 cm³/mol. The van der Waals surface area contributed by atoms with Crippen LogP contribution in [0.2, 0.25) is 0 Å². The molecule has 0 bridgehead atoms. The SMILES string of the molecule is C=Cc1nc(C)ccc1NC. The molecule has 2 nitrogen and oxygen atoms in total. The summed E-state index contributed by atoms with van der Waals surface area (Å²) < 4.78 is 0. The average molecular weight is 148 g/mol. The highest BCUT2D eigenvalue weighted by Gasteiger charge is 1.96. The van der Waals surface area contributed by atoms with E-state index in [0.29, 0.717) is 0 Å². The molecule has 1 heterocycles. The van der Waals surface area contributed by atoms with E-state index in [9.17, 15) is 0 Å². The number of anilines is 1. The molecular weight excluding hydrogens is 136 g/mol. The number of pyridine rings is 1. The fourth-order valence-corrected chi connectivity index (χ4v) is 0.944. The molecule has 0 aromatic carbocycles. The van der Waals surface area contributed by atoms with Gasteiger partial charge in [-0.1, -0.05) is 6.58 Å². The molecule has 0 unspecified atom stereocenters. The lowest BCUT2D eigenvalue weighted by Crippen LogP contribution is -1.94. The molecular formula is C9H12N2. The number of hydrogen-bond acceptors (Lipinski definition) is 2. The molecule has 0 saturated heterocycles. The molecule has 1 rings (SSSR count). The van der Waals surface area contributed by atoms with Gasteiger partial charge in [-0.25, -0.2) is 0 Å². The van der Waals surface area contributed by atoms with Crippen LogP contribution in [0.4, 0.5) is 5.69 Å². The largest absolute Gasteiger partial charge is 0.386 e. The number of aryl methyl sites for hydroxylation is 1. The number of aromatic nitrogens is 1. The number of rotatable bonds is 2. The molecule has 58 valence electrons. The molecule has 0 spiro atoms. The Morgan fingerprint density at radius 3 is 2.82 bits per heavy atom. The minimum atomic E-state index is 0.910. The van der Waals surface area contributed by atoms with Gasteiger partial charge in [0, 0.05) is 12.7 Å². The normalized spacial score (nSPS) is 9.27. The minimum absolute atomic E-state index is 0.910. The van der Waals surface area contributed by atoms with Crippen LogP contribution >= 0.6 is 0 Å². The van der Waals surface area contributed by atoms with Gasteiger partial charge in [0.1, 0.15) is 0 Å². The first-order valence-electron chi connectivity index (χ1n) is 3.55. The van der Waals surface area contributed by atoms with Gasteiger partial charge in [-0.15, -0.1) is 0 Å². The summed E-state index contributed by atoms with van der Waals surface area (Å²) in [4.78, 5) is 4.28. The molecule has 2 heteroatoms. The van der Waals surface area contributed by atoms with E-state index in [0.717, 1.165) is 17.1 Å². The lowest BCUT2D eigenvalue weighted by molar-refractivity contribution is 1.18. The number of nitrogens with one attached hydrogen (secondary N) is 1. The molecule has 0 atom stereocenters. The number of nitrogens with zero attached hydrogens (tertiary/aromatic N) is 1. The van der Waals surface area contributed by atoms with Crippen LogP contribution in [0.5, 0.6) is 0 Å². The fraction of sp³-hybridized carbons (Fsp3) is 0.222. The van der Waals surface area contributed by atoms with Gasteiger partial charge < -0.3 is 5.32 Å². The van der Waals surface area contributed by atoms with Gasteiger partial charge in [-0.2, -0.15) is 0 Å². The minimum Gasteiger partial charge on any atom is -0.386 e. The second kappa shape index (κ2) is 3.19. The second-order valence-corrected chi connectivity index (χ2v) is 2.34. The smallest absolute Gasteiger partial charge is 0.0858 e. The van der Waals surface area contributed by atoms with Crippen molar-refractivity contribution in [2.75, 3.05) is 12.4 Å². The Balaban J connectivity index is 3.16. The second-order valence-electron chi connectivity index (χ2n) is 2.34. The van der Waals surface area contributed by atoms with Gasteiger partial charge in [0.05, 0.1) is 11.4 Å². The standard InChI is InChI=1S/C9H12N2/c1-4-8-9(10-3)6-5-7(2)11-8/h4-6,10H,1H2,2-3H3. The molecule has 0 radical (unpaired) electrons. The highest BCUT2D eigenvalue weighted by Crippen LogP contribution is 2.13. The van der Waals surface area contributed by atoms with Crippen LogP contribution in [0.15, 0.2) is 18.7 Å². The highest BCUT2D eigenvalue weighted by molar-refractivity contribution is 5.61. The first kappa shape index (κ1) is 7.79. The van der Waals surface area contributed by atoms with Crippen LogP contribution in [0.25, 0.3) is 6.08 Å². The summed E-state index contributed by atoms with van der Waals surface area (Å²) in [6, 6.07) is 3.97. The lowest BCUT2D eigenvalue weighted by Gasteiger charge is -2.03. The van der Waals surface area contributed by atoms with Crippen molar-refractivity contribution in [3.63, 3.8) is 0 Å². The zero-order chi connectivity index (χ0) is 8.27. The maximum Gasteiger partial charge on any atom is 0.0858 e. The zero-order valence-corrected chi connectivity index (χ0v) is 6.89. The first-order valence-corrected chi connectivity index (χ1v) is 3.55. The molecule has 1 aromatic rings. The summed E-state index contributed by atoms with van der Waals surface area (Å²) >= 11 is 0. The van der Waals surface area contributed by atoms with E-state index in [1.54, 1.807) is 6.08 Å². The summed E-state index contributed by atoms with van der Waals surface area (Å²) in [6.45, 7) is 5.64. The quantitative estimate of drug-likeness (QED) is 0.694. The van der Waals surface area contributed by atoms with Crippen molar-refractivity contribution in [1.29, 1.82) is 0 Å². The molecule has 11 heavy (non-hydrogen) atoms. The summed E-state index contributed by atoms with van der Waals surface area (Å²) in [7, 11) is 1.87. The van der Waals surface area contributed by atoms with Crippen LogP contribution in [-0.4, -0.2) is 12.0 Å². The highest BCUT2D eigenvalue weighted by atomic mass is 14.9. The first-order chi connectivity index (χ1) is 5.27. The van der Waals surface area contributed by atoms with E-state index in [1.807, 2.05) is 26.1 Å². The Bertz CT molecular complexity index is 266. The molecule has 0 saturated carbocycles. The third-order valence-corrected chi connectivity index (χ3v) is 1.53.